The lowest BCUT2D eigenvalue weighted by atomic mass is 9.78. The van der Waals surface area contributed by atoms with Crippen LogP contribution in [-0.4, -0.2) is 46.1 Å². The van der Waals surface area contributed by atoms with Crippen molar-refractivity contribution in [1.82, 2.24) is 5.32 Å². The molecule has 0 bridgehead atoms. The summed E-state index contributed by atoms with van der Waals surface area (Å²) in [6, 6.07) is 24.0. The molecule has 54 heavy (non-hydrogen) atoms. The van der Waals surface area contributed by atoms with Crippen LogP contribution < -0.4 is 20.6 Å². The van der Waals surface area contributed by atoms with Gasteiger partial charge in [-0.2, -0.15) is 0 Å². The highest BCUT2D eigenvalue weighted by atomic mass is 28.4. The number of rotatable bonds is 9. The first kappa shape index (κ1) is 39.9. The molecule has 3 aromatic carbocycles. The number of fused-ring (bicyclic) bond motifs is 1. The van der Waals surface area contributed by atoms with E-state index in [1.807, 2.05) is 0 Å². The number of benzene rings is 3. The van der Waals surface area contributed by atoms with Crippen LogP contribution >= 0.6 is 0 Å². The molecule has 3 aromatic rings. The average molecular weight is 757 g/mol. The Hall–Kier alpha value is -3.82. The summed E-state index contributed by atoms with van der Waals surface area (Å²) in [5.74, 6) is -0.994. The van der Waals surface area contributed by atoms with Crippen LogP contribution in [0, 0.1) is 29.4 Å². The maximum Gasteiger partial charge on any atom is 0.414 e. The highest BCUT2D eigenvalue weighted by molar-refractivity contribution is 6.99. The summed E-state index contributed by atoms with van der Waals surface area (Å²) in [5, 5.41) is 4.99. The molecular formula is C45H58F2N2O4Si. The van der Waals surface area contributed by atoms with E-state index < -0.39 is 32.1 Å². The molecule has 0 spiro atoms. The number of ether oxygens (including phenoxy) is 1. The van der Waals surface area contributed by atoms with Gasteiger partial charge in [0.15, 0.2) is 0 Å². The van der Waals surface area contributed by atoms with Gasteiger partial charge in [0.05, 0.1) is 18.8 Å². The van der Waals surface area contributed by atoms with Crippen LogP contribution in [0.1, 0.15) is 104 Å². The number of amides is 2. The van der Waals surface area contributed by atoms with E-state index in [1.165, 1.54) is 72.9 Å². The largest absolute Gasteiger partial charge is 0.442 e. The number of nitrogens with one attached hydrogen (secondary N) is 1. The Labute approximate surface area is 321 Å². The zero-order valence-corrected chi connectivity index (χ0v) is 33.6. The number of anilines is 1. The van der Waals surface area contributed by atoms with E-state index in [-0.39, 0.29) is 53.0 Å². The van der Waals surface area contributed by atoms with Crippen molar-refractivity contribution in [3.63, 3.8) is 0 Å². The lowest BCUT2D eigenvalue weighted by Gasteiger charge is -2.44. The maximum absolute atomic E-state index is 16.2. The van der Waals surface area contributed by atoms with Crippen LogP contribution in [0.2, 0.25) is 5.04 Å². The third kappa shape index (κ3) is 9.00. The van der Waals surface area contributed by atoms with Crippen molar-refractivity contribution in [1.29, 1.82) is 0 Å². The van der Waals surface area contributed by atoms with E-state index in [4.69, 9.17) is 9.16 Å². The molecule has 9 heteroatoms. The molecule has 1 aliphatic heterocycles. The maximum atomic E-state index is 16.2. The van der Waals surface area contributed by atoms with E-state index in [0.29, 0.717) is 18.6 Å². The minimum Gasteiger partial charge on any atom is -0.442 e. The lowest BCUT2D eigenvalue weighted by Crippen LogP contribution is -2.67. The summed E-state index contributed by atoms with van der Waals surface area (Å²) in [6.07, 6.45) is 13.0. The lowest BCUT2D eigenvalue weighted by molar-refractivity contribution is -0.119. The molecule has 1 saturated carbocycles. The van der Waals surface area contributed by atoms with Gasteiger partial charge in [0.1, 0.15) is 17.7 Å². The van der Waals surface area contributed by atoms with Crippen molar-refractivity contribution in [2.75, 3.05) is 24.6 Å². The summed E-state index contributed by atoms with van der Waals surface area (Å²) in [4.78, 5) is 25.3. The summed E-state index contributed by atoms with van der Waals surface area (Å²) < 4.78 is 45.3. The van der Waals surface area contributed by atoms with Crippen LogP contribution in [0.5, 0.6) is 0 Å². The van der Waals surface area contributed by atoms with Crippen LogP contribution in [-0.2, 0) is 14.0 Å². The Morgan fingerprint density at radius 3 is 1.98 bits per heavy atom. The zero-order chi connectivity index (χ0) is 38.3. The third-order valence-corrected chi connectivity index (χ3v) is 16.9. The molecule has 4 atom stereocenters. The van der Waals surface area contributed by atoms with Gasteiger partial charge in [-0.05, 0) is 70.1 Å². The molecule has 2 aliphatic carbocycles. The Morgan fingerprint density at radius 2 is 1.43 bits per heavy atom. The first-order valence-corrected chi connectivity index (χ1v) is 22.1. The fourth-order valence-electron chi connectivity index (χ4n) is 9.23. The second-order valence-corrected chi connectivity index (χ2v) is 21.0. The fourth-order valence-corrected chi connectivity index (χ4v) is 13.9. The van der Waals surface area contributed by atoms with Crippen LogP contribution in [0.25, 0.3) is 5.57 Å². The number of carbonyl (C=O) groups excluding carboxylic acids is 2. The first-order chi connectivity index (χ1) is 26.0. The number of cyclic esters (lactones) is 1. The molecule has 1 N–H and O–H groups in total. The topological polar surface area (TPSA) is 67.9 Å². The molecule has 3 aliphatic rings. The molecule has 6 rings (SSSR count). The van der Waals surface area contributed by atoms with Crippen LogP contribution in [0.4, 0.5) is 19.3 Å². The Morgan fingerprint density at radius 1 is 0.870 bits per heavy atom. The van der Waals surface area contributed by atoms with Crippen molar-refractivity contribution >= 4 is 42.0 Å². The van der Waals surface area contributed by atoms with E-state index in [2.05, 4.69) is 92.8 Å². The van der Waals surface area contributed by atoms with Crippen molar-refractivity contribution < 1.29 is 27.5 Å². The second-order valence-electron chi connectivity index (χ2n) is 16.7. The minimum absolute atomic E-state index is 0.00128. The van der Waals surface area contributed by atoms with Gasteiger partial charge in [0.25, 0.3) is 8.32 Å². The molecule has 0 aromatic heterocycles. The number of nitrogens with zero attached hydrogens (tertiary/aromatic N) is 1. The molecule has 1 heterocycles. The molecule has 0 radical (unpaired) electrons. The molecule has 6 nitrogen and oxygen atoms in total. The average Bonchev–Trinajstić information content (AvgIpc) is 3.73. The third-order valence-electron chi connectivity index (χ3n) is 11.9. The van der Waals surface area contributed by atoms with Gasteiger partial charge in [0.2, 0.25) is 5.91 Å². The molecule has 290 valence electrons. The monoisotopic (exact) mass is 756 g/mol. The Balaban J connectivity index is 1.30. The molecule has 2 fully saturated rings. The van der Waals surface area contributed by atoms with E-state index >= 15 is 8.78 Å². The van der Waals surface area contributed by atoms with E-state index in [1.54, 1.807) is 0 Å². The number of hydrogen-bond donors (Lipinski definition) is 1. The normalized spacial score (nSPS) is 23.0. The predicted molar refractivity (Wildman–Crippen MR) is 215 cm³/mol. The molecule has 2 amide bonds. The molecular weight excluding hydrogens is 699 g/mol. The summed E-state index contributed by atoms with van der Waals surface area (Å²) in [5.41, 5.74) is 0.824. The standard InChI is InChI=1S/C45H58F2N2O4Si/c1-32(50)48-29-37-30-49(44(51)53-37)36-27-41(46)43(42(47)28-36)35-25-33-19-13-9-7-5-6-8-10-14-20-34(40(33)26-35)31-52-54(45(2,3)4,38-21-15-11-16-22-38)39-23-17-12-18-24-39/h11-12,15-18,21-25,27-28,33-34,37,40H,5-10,13-14,19-20,26,29-31H2,1-4H3,(H,48,50)/t33?,34?,37-,40?/m0/s1. The molecule has 1 saturated heterocycles. The van der Waals surface area contributed by atoms with Crippen LogP contribution in [0.3, 0.4) is 0 Å². The predicted octanol–water partition coefficient (Wildman–Crippen LogP) is 9.55. The first-order valence-electron chi connectivity index (χ1n) is 20.2. The summed E-state index contributed by atoms with van der Waals surface area (Å²) in [7, 11) is -2.79. The van der Waals surface area contributed by atoms with Gasteiger partial charge in [-0.25, -0.2) is 13.6 Å². The van der Waals surface area contributed by atoms with Gasteiger partial charge in [0, 0.05) is 19.1 Å². The van der Waals surface area contributed by atoms with Gasteiger partial charge < -0.3 is 14.5 Å². The fraction of sp³-hybridized carbons (Fsp3) is 0.511. The van der Waals surface area contributed by atoms with Crippen molar-refractivity contribution in [3.05, 3.63) is 96.1 Å². The van der Waals surface area contributed by atoms with E-state index in [9.17, 15) is 9.59 Å². The Bertz CT molecular complexity index is 1700. The minimum atomic E-state index is -2.79. The van der Waals surface area contributed by atoms with Gasteiger partial charge >= 0.3 is 6.09 Å². The van der Waals surface area contributed by atoms with Gasteiger partial charge in [-0.1, -0.05) is 139 Å². The quantitative estimate of drug-likeness (QED) is 0.221. The molecule has 3 unspecified atom stereocenters. The number of halogens is 2. The van der Waals surface area contributed by atoms with Gasteiger partial charge in [-0.3, -0.25) is 9.69 Å². The number of allylic oxidation sites excluding steroid dienone is 2. The number of hydrogen-bond acceptors (Lipinski definition) is 4. The SMILES string of the molecule is CC(=O)NC[C@H]1CN(c2cc(F)c(C3=CC4CCCCCCCCCCC(CO[Si](c5ccccc5)(c5ccccc5)C(C)(C)C)C4C3)c(F)c2)C(=O)O1. The Kier molecular flexibility index (Phi) is 13.1. The number of carbonyl (C=O) groups is 2. The van der Waals surface area contributed by atoms with E-state index in [0.717, 1.165) is 25.7 Å². The summed E-state index contributed by atoms with van der Waals surface area (Å²) in [6.45, 7) is 9.13. The summed E-state index contributed by atoms with van der Waals surface area (Å²) >= 11 is 0. The van der Waals surface area contributed by atoms with Gasteiger partial charge in [-0.15, -0.1) is 0 Å². The van der Waals surface area contributed by atoms with Crippen molar-refractivity contribution in [2.24, 2.45) is 17.8 Å². The highest BCUT2D eigenvalue weighted by Crippen LogP contribution is 2.47. The van der Waals surface area contributed by atoms with Crippen molar-refractivity contribution in [2.45, 2.75) is 109 Å². The van der Waals surface area contributed by atoms with Crippen LogP contribution in [0.15, 0.2) is 78.9 Å². The smallest absolute Gasteiger partial charge is 0.414 e. The zero-order valence-electron chi connectivity index (χ0n) is 32.6. The highest BCUT2D eigenvalue weighted by Gasteiger charge is 2.51. The second kappa shape index (κ2) is 17.8. The van der Waals surface area contributed by atoms with Crippen molar-refractivity contribution in [3.8, 4) is 0 Å².